The lowest BCUT2D eigenvalue weighted by Crippen LogP contribution is -3.05. The quantitative estimate of drug-likeness (QED) is 0.382. The number of ketones is 1. The lowest BCUT2D eigenvalue weighted by Gasteiger charge is -2.25. The van der Waals surface area contributed by atoms with Gasteiger partial charge in [-0.05, 0) is 42.0 Å². The number of amides is 1. The molecule has 164 valence electrons. The molecule has 2 aromatic carbocycles. The lowest BCUT2D eigenvalue weighted by atomic mass is 9.95. The van der Waals surface area contributed by atoms with Crippen LogP contribution in [-0.2, 0) is 9.59 Å². The third-order valence-electron chi connectivity index (χ3n) is 5.39. The second kappa shape index (κ2) is 9.66. The van der Waals surface area contributed by atoms with Crippen molar-refractivity contribution < 1.29 is 29.1 Å². The Hall–Kier alpha value is -3.32. The number of hydrogen-bond acceptors (Lipinski definition) is 5. The van der Waals surface area contributed by atoms with Crippen LogP contribution in [0.1, 0.15) is 23.6 Å². The number of quaternary nitrogens is 1. The van der Waals surface area contributed by atoms with Crippen molar-refractivity contribution in [2.24, 2.45) is 0 Å². The van der Waals surface area contributed by atoms with Crippen LogP contribution in [-0.4, -0.2) is 63.1 Å². The van der Waals surface area contributed by atoms with Gasteiger partial charge in [0.25, 0.3) is 11.7 Å². The van der Waals surface area contributed by atoms with Crippen LogP contribution in [0, 0.1) is 0 Å². The van der Waals surface area contributed by atoms with Crippen molar-refractivity contribution in [3.8, 4) is 11.5 Å². The molecule has 3 rings (SSSR count). The minimum Gasteiger partial charge on any atom is -0.507 e. The fourth-order valence-corrected chi connectivity index (χ4v) is 3.78. The summed E-state index contributed by atoms with van der Waals surface area (Å²) < 4.78 is 10.5. The summed E-state index contributed by atoms with van der Waals surface area (Å²) in [6.45, 7) is 1.27. The molecule has 1 saturated heterocycles. The molecule has 0 aromatic heterocycles. The van der Waals surface area contributed by atoms with Crippen LogP contribution < -0.4 is 14.4 Å². The number of hydrogen-bond donors (Lipinski definition) is 2. The number of carbonyl (C=O) groups is 2. The maximum Gasteiger partial charge on any atom is 0.295 e. The summed E-state index contributed by atoms with van der Waals surface area (Å²) in [7, 11) is 7.20. The molecular weight excluding hydrogens is 396 g/mol. The van der Waals surface area contributed by atoms with Gasteiger partial charge in [0, 0.05) is 18.5 Å². The second-order valence-electron chi connectivity index (χ2n) is 7.81. The number of nitrogens with zero attached hydrogens (tertiary/aromatic N) is 1. The highest BCUT2D eigenvalue weighted by Gasteiger charge is 2.46. The average molecular weight is 426 g/mol. The summed E-state index contributed by atoms with van der Waals surface area (Å²) in [5.74, 6) is -0.234. The van der Waals surface area contributed by atoms with Gasteiger partial charge in [0.05, 0.1) is 46.5 Å². The molecule has 0 radical (unpaired) electrons. The number of methoxy groups -OCH3 is 2. The number of likely N-dealkylation sites (tertiary alicyclic amines) is 1. The number of benzene rings is 2. The zero-order chi connectivity index (χ0) is 22.5. The van der Waals surface area contributed by atoms with Crippen molar-refractivity contribution in [2.45, 2.75) is 12.5 Å². The van der Waals surface area contributed by atoms with Gasteiger partial charge >= 0.3 is 0 Å². The monoisotopic (exact) mass is 425 g/mol. The normalized spacial score (nSPS) is 18.0. The van der Waals surface area contributed by atoms with Gasteiger partial charge in [-0.1, -0.05) is 12.1 Å². The van der Waals surface area contributed by atoms with E-state index in [1.807, 2.05) is 26.2 Å². The van der Waals surface area contributed by atoms with E-state index in [2.05, 4.69) is 0 Å². The van der Waals surface area contributed by atoms with Gasteiger partial charge in [-0.15, -0.1) is 0 Å². The zero-order valence-electron chi connectivity index (χ0n) is 18.3. The predicted molar refractivity (Wildman–Crippen MR) is 117 cm³/mol. The molecule has 2 aromatic rings. The van der Waals surface area contributed by atoms with Gasteiger partial charge in [-0.2, -0.15) is 0 Å². The van der Waals surface area contributed by atoms with Crippen molar-refractivity contribution in [1.82, 2.24) is 4.90 Å². The Kier molecular flexibility index (Phi) is 6.97. The standard InChI is InChI=1S/C24H28N2O5/c1-25(2)13-6-14-26-21(17-7-5-8-19(15-17)31-4)20(23(28)24(26)29)22(27)16-9-11-18(30-3)12-10-16/h5,7-12,15,21,27H,6,13-14H2,1-4H3/p+1/t21-/m1/s1. The maximum atomic E-state index is 13.0. The van der Waals surface area contributed by atoms with E-state index in [4.69, 9.17) is 9.47 Å². The van der Waals surface area contributed by atoms with Gasteiger partial charge in [0.1, 0.15) is 17.3 Å². The number of aliphatic hydroxyl groups is 1. The van der Waals surface area contributed by atoms with E-state index in [1.165, 1.54) is 4.90 Å². The molecule has 1 amide bonds. The van der Waals surface area contributed by atoms with Crippen molar-refractivity contribution in [3.63, 3.8) is 0 Å². The Morgan fingerprint density at radius 2 is 1.71 bits per heavy atom. The Morgan fingerprint density at radius 1 is 1.03 bits per heavy atom. The first-order valence-electron chi connectivity index (χ1n) is 10.2. The number of carbonyl (C=O) groups excluding carboxylic acids is 2. The molecule has 0 saturated carbocycles. The van der Waals surface area contributed by atoms with E-state index in [1.54, 1.807) is 55.5 Å². The molecule has 1 aliphatic heterocycles. The third kappa shape index (κ3) is 4.72. The fraction of sp³-hybridized carbons (Fsp3) is 0.333. The number of ether oxygens (including phenoxy) is 2. The molecule has 1 heterocycles. The van der Waals surface area contributed by atoms with Gasteiger partial charge in [-0.25, -0.2) is 0 Å². The minimum absolute atomic E-state index is 0.0839. The Bertz CT molecular complexity index is 982. The second-order valence-corrected chi connectivity index (χ2v) is 7.81. The average Bonchev–Trinajstić information content (AvgIpc) is 3.03. The number of aliphatic hydroxyl groups excluding tert-OH is 1. The van der Waals surface area contributed by atoms with Crippen LogP contribution in [0.3, 0.4) is 0 Å². The minimum atomic E-state index is -0.686. The van der Waals surface area contributed by atoms with E-state index in [9.17, 15) is 14.7 Å². The molecular formula is C24H29N2O5+. The molecule has 7 nitrogen and oxygen atoms in total. The van der Waals surface area contributed by atoms with Crippen molar-refractivity contribution in [3.05, 3.63) is 65.2 Å². The van der Waals surface area contributed by atoms with E-state index in [0.717, 1.165) is 13.0 Å². The molecule has 0 aliphatic carbocycles. The van der Waals surface area contributed by atoms with Crippen LogP contribution in [0.4, 0.5) is 0 Å². The molecule has 0 unspecified atom stereocenters. The fourth-order valence-electron chi connectivity index (χ4n) is 3.78. The highest BCUT2D eigenvalue weighted by molar-refractivity contribution is 6.46. The first-order valence-corrected chi connectivity index (χ1v) is 10.2. The summed E-state index contributed by atoms with van der Waals surface area (Å²) in [4.78, 5) is 28.8. The van der Waals surface area contributed by atoms with Crippen LogP contribution in [0.25, 0.3) is 5.76 Å². The van der Waals surface area contributed by atoms with Gasteiger partial charge in [-0.3, -0.25) is 9.59 Å². The van der Waals surface area contributed by atoms with Crippen molar-refractivity contribution in [2.75, 3.05) is 41.4 Å². The summed E-state index contributed by atoms with van der Waals surface area (Å²) in [5, 5.41) is 11.1. The number of nitrogens with one attached hydrogen (secondary N) is 1. The zero-order valence-corrected chi connectivity index (χ0v) is 18.3. The summed E-state index contributed by atoms with van der Waals surface area (Å²) in [6.07, 6.45) is 0.735. The van der Waals surface area contributed by atoms with Crippen LogP contribution in [0.5, 0.6) is 11.5 Å². The molecule has 0 bridgehead atoms. The summed E-state index contributed by atoms with van der Waals surface area (Å²) >= 11 is 0. The van der Waals surface area contributed by atoms with Crippen LogP contribution >= 0.6 is 0 Å². The first-order chi connectivity index (χ1) is 14.9. The van der Waals surface area contributed by atoms with E-state index in [-0.39, 0.29) is 11.3 Å². The smallest absolute Gasteiger partial charge is 0.295 e. The first kappa shape index (κ1) is 22.4. The molecule has 1 atom stereocenters. The molecule has 0 spiro atoms. The van der Waals surface area contributed by atoms with Gasteiger partial charge < -0.3 is 24.4 Å². The SMILES string of the molecule is COc1ccc(C(O)=C2C(=O)C(=O)N(CCC[NH+](C)C)[C@@H]2c2cccc(OC)c2)cc1. The Balaban J connectivity index is 2.09. The summed E-state index contributed by atoms with van der Waals surface area (Å²) in [5.41, 5.74) is 1.25. The molecule has 1 fully saturated rings. The van der Waals surface area contributed by atoms with Crippen molar-refractivity contribution in [1.29, 1.82) is 0 Å². The van der Waals surface area contributed by atoms with E-state index >= 15 is 0 Å². The van der Waals surface area contributed by atoms with Crippen molar-refractivity contribution >= 4 is 17.4 Å². The van der Waals surface area contributed by atoms with Gasteiger partial charge in [0.2, 0.25) is 0 Å². The van der Waals surface area contributed by atoms with E-state index < -0.39 is 17.7 Å². The predicted octanol–water partition coefficient (Wildman–Crippen LogP) is 1.66. The summed E-state index contributed by atoms with van der Waals surface area (Å²) in [6, 6.07) is 13.3. The van der Waals surface area contributed by atoms with Gasteiger partial charge in [0.15, 0.2) is 0 Å². The highest BCUT2D eigenvalue weighted by Crippen LogP contribution is 2.40. The van der Waals surface area contributed by atoms with E-state index in [0.29, 0.717) is 29.2 Å². The number of Topliss-reactive ketones (excluding diaryl/α,β-unsaturated/α-hetero) is 1. The molecule has 1 aliphatic rings. The lowest BCUT2D eigenvalue weighted by molar-refractivity contribution is -0.858. The largest absolute Gasteiger partial charge is 0.507 e. The molecule has 2 N–H and O–H groups in total. The molecule has 7 heteroatoms. The topological polar surface area (TPSA) is 80.5 Å². The Morgan fingerprint density at radius 3 is 2.32 bits per heavy atom. The number of rotatable bonds is 8. The van der Waals surface area contributed by atoms with Crippen LogP contribution in [0.15, 0.2) is 54.1 Å². The maximum absolute atomic E-state index is 13.0. The Labute approximate surface area is 182 Å². The van der Waals surface area contributed by atoms with Crippen LogP contribution in [0.2, 0.25) is 0 Å². The molecule has 31 heavy (non-hydrogen) atoms. The third-order valence-corrected chi connectivity index (χ3v) is 5.39. The highest BCUT2D eigenvalue weighted by atomic mass is 16.5.